The summed E-state index contributed by atoms with van der Waals surface area (Å²) in [6, 6.07) is 0. The van der Waals surface area contributed by atoms with Gasteiger partial charge in [0, 0.05) is 45.2 Å². The lowest BCUT2D eigenvalue weighted by molar-refractivity contribution is 0.624. The van der Waals surface area contributed by atoms with Crippen LogP contribution in [0.5, 0.6) is 0 Å². The van der Waals surface area contributed by atoms with E-state index in [0.717, 1.165) is 44.4 Å². The predicted octanol–water partition coefficient (Wildman–Crippen LogP) is 0.764. The largest absolute Gasteiger partial charge is 0.357 e. The third-order valence-electron chi connectivity index (χ3n) is 3.54. The van der Waals surface area contributed by atoms with E-state index < -0.39 is 0 Å². The van der Waals surface area contributed by atoms with E-state index in [2.05, 4.69) is 25.5 Å². The summed E-state index contributed by atoms with van der Waals surface area (Å²) in [6.07, 6.45) is 3.57. The summed E-state index contributed by atoms with van der Waals surface area (Å²) in [5, 5.41) is 6.49. The number of fused-ring (bicyclic) bond motifs is 1. The quantitative estimate of drug-likeness (QED) is 0.790. The number of nitrogens with zero attached hydrogens (tertiary/aromatic N) is 3. The maximum absolute atomic E-state index is 4.65. The lowest BCUT2D eigenvalue weighted by Gasteiger charge is -2.25. The minimum Gasteiger partial charge on any atom is -0.357 e. The molecular formula is C12H19N5. The van der Waals surface area contributed by atoms with Gasteiger partial charge in [-0.3, -0.25) is 0 Å². The minimum atomic E-state index is 0.757. The molecular weight excluding hydrogens is 214 g/mol. The molecule has 0 amide bonds. The highest BCUT2D eigenvalue weighted by molar-refractivity contribution is 5.54. The molecule has 0 bridgehead atoms. The van der Waals surface area contributed by atoms with E-state index in [0.29, 0.717) is 0 Å². The molecule has 1 aromatic rings. The average molecular weight is 233 g/mol. The molecule has 3 heterocycles. The fourth-order valence-corrected chi connectivity index (χ4v) is 2.63. The van der Waals surface area contributed by atoms with E-state index in [-0.39, 0.29) is 0 Å². The van der Waals surface area contributed by atoms with E-state index in [9.17, 15) is 0 Å². The van der Waals surface area contributed by atoms with E-state index in [4.69, 9.17) is 0 Å². The molecule has 1 fully saturated rings. The zero-order chi connectivity index (χ0) is 11.7. The second-order valence-electron chi connectivity index (χ2n) is 4.67. The molecule has 5 heteroatoms. The van der Waals surface area contributed by atoms with E-state index in [1.165, 1.54) is 24.1 Å². The van der Waals surface area contributed by atoms with Crippen LogP contribution in [0.2, 0.25) is 0 Å². The van der Waals surface area contributed by atoms with Gasteiger partial charge in [0.15, 0.2) is 0 Å². The third-order valence-corrected chi connectivity index (χ3v) is 3.54. The van der Waals surface area contributed by atoms with Crippen molar-refractivity contribution < 1.29 is 0 Å². The van der Waals surface area contributed by atoms with Crippen molar-refractivity contribution in [3.8, 4) is 0 Å². The molecule has 17 heavy (non-hydrogen) atoms. The van der Waals surface area contributed by atoms with Crippen LogP contribution in [0.4, 0.5) is 11.8 Å². The molecule has 2 aliphatic rings. The first-order valence-corrected chi connectivity index (χ1v) is 6.41. The van der Waals surface area contributed by atoms with Crippen LogP contribution >= 0.6 is 0 Å². The first-order chi connectivity index (χ1) is 8.38. The third kappa shape index (κ3) is 1.95. The first-order valence-electron chi connectivity index (χ1n) is 6.41. The average Bonchev–Trinajstić information content (AvgIpc) is 2.91. The van der Waals surface area contributed by atoms with Crippen LogP contribution < -0.4 is 15.5 Å². The Morgan fingerprint density at radius 1 is 1.24 bits per heavy atom. The van der Waals surface area contributed by atoms with Gasteiger partial charge < -0.3 is 15.5 Å². The van der Waals surface area contributed by atoms with Gasteiger partial charge in [-0.05, 0) is 12.8 Å². The molecule has 0 aromatic carbocycles. The number of nitrogens with one attached hydrogen (secondary N) is 2. The molecule has 0 atom stereocenters. The van der Waals surface area contributed by atoms with Crippen LogP contribution in [-0.2, 0) is 13.0 Å². The Morgan fingerprint density at radius 2 is 2.06 bits per heavy atom. The minimum absolute atomic E-state index is 0.757. The number of hydrogen-bond acceptors (Lipinski definition) is 5. The maximum atomic E-state index is 4.65. The molecule has 2 N–H and O–H groups in total. The topological polar surface area (TPSA) is 53.1 Å². The van der Waals surface area contributed by atoms with Gasteiger partial charge in [0.25, 0.3) is 0 Å². The summed E-state index contributed by atoms with van der Waals surface area (Å²) < 4.78 is 0. The van der Waals surface area contributed by atoms with Crippen molar-refractivity contribution in [2.45, 2.75) is 25.8 Å². The highest BCUT2D eigenvalue weighted by Crippen LogP contribution is 2.27. The molecule has 92 valence electrons. The van der Waals surface area contributed by atoms with E-state index >= 15 is 0 Å². The number of anilines is 2. The molecule has 0 radical (unpaired) electrons. The molecule has 1 saturated heterocycles. The molecule has 1 aromatic heterocycles. The van der Waals surface area contributed by atoms with Crippen LogP contribution in [0.15, 0.2) is 0 Å². The Bertz CT molecular complexity index is 412. The summed E-state index contributed by atoms with van der Waals surface area (Å²) in [6.45, 7) is 4.19. The van der Waals surface area contributed by atoms with Gasteiger partial charge >= 0.3 is 0 Å². The Kier molecular flexibility index (Phi) is 2.84. The van der Waals surface area contributed by atoms with Gasteiger partial charge in [-0.2, -0.15) is 4.98 Å². The number of rotatable bonds is 2. The molecule has 0 unspecified atom stereocenters. The number of hydrogen-bond donors (Lipinski definition) is 2. The summed E-state index contributed by atoms with van der Waals surface area (Å²) >= 11 is 0. The van der Waals surface area contributed by atoms with Gasteiger partial charge in [0.2, 0.25) is 5.95 Å². The first kappa shape index (κ1) is 10.8. The second-order valence-corrected chi connectivity index (χ2v) is 4.67. The normalized spacial score (nSPS) is 19.2. The van der Waals surface area contributed by atoms with Gasteiger partial charge in [0.1, 0.15) is 5.82 Å². The van der Waals surface area contributed by atoms with Crippen LogP contribution in [0, 0.1) is 0 Å². The standard InChI is InChI=1S/C12H19N5/c1-13-12-15-10-4-5-14-8-9(10)11(16-12)17-6-2-3-7-17/h14H,2-8H2,1H3,(H,13,15,16). The van der Waals surface area contributed by atoms with Crippen molar-refractivity contribution in [2.75, 3.05) is 36.9 Å². The summed E-state index contributed by atoms with van der Waals surface area (Å²) in [4.78, 5) is 11.6. The summed E-state index contributed by atoms with van der Waals surface area (Å²) in [7, 11) is 1.89. The summed E-state index contributed by atoms with van der Waals surface area (Å²) in [5.41, 5.74) is 2.52. The Balaban J connectivity index is 2.04. The molecule has 2 aliphatic heterocycles. The highest BCUT2D eigenvalue weighted by atomic mass is 15.2. The lowest BCUT2D eigenvalue weighted by atomic mass is 10.1. The van der Waals surface area contributed by atoms with Gasteiger partial charge in [-0.25, -0.2) is 4.98 Å². The summed E-state index contributed by atoms with van der Waals surface area (Å²) in [5.74, 6) is 1.90. The van der Waals surface area contributed by atoms with Crippen molar-refractivity contribution in [1.29, 1.82) is 0 Å². The fourth-order valence-electron chi connectivity index (χ4n) is 2.63. The van der Waals surface area contributed by atoms with E-state index in [1.807, 2.05) is 7.05 Å². The van der Waals surface area contributed by atoms with Gasteiger partial charge in [0.05, 0.1) is 5.69 Å². The molecule has 5 nitrogen and oxygen atoms in total. The smallest absolute Gasteiger partial charge is 0.224 e. The van der Waals surface area contributed by atoms with Crippen molar-refractivity contribution in [2.24, 2.45) is 0 Å². The monoisotopic (exact) mass is 233 g/mol. The van der Waals surface area contributed by atoms with Crippen LogP contribution in [0.25, 0.3) is 0 Å². The van der Waals surface area contributed by atoms with Gasteiger partial charge in [-0.15, -0.1) is 0 Å². The number of aromatic nitrogens is 2. The van der Waals surface area contributed by atoms with Crippen molar-refractivity contribution in [3.05, 3.63) is 11.3 Å². The fraction of sp³-hybridized carbons (Fsp3) is 0.667. The zero-order valence-corrected chi connectivity index (χ0v) is 10.3. The zero-order valence-electron chi connectivity index (χ0n) is 10.3. The molecule has 0 aliphatic carbocycles. The molecule has 0 spiro atoms. The van der Waals surface area contributed by atoms with E-state index in [1.54, 1.807) is 0 Å². The van der Waals surface area contributed by atoms with Crippen LogP contribution in [0.1, 0.15) is 24.1 Å². The van der Waals surface area contributed by atoms with Gasteiger partial charge in [-0.1, -0.05) is 0 Å². The molecule has 3 rings (SSSR count). The van der Waals surface area contributed by atoms with Crippen LogP contribution in [-0.4, -0.2) is 36.6 Å². The van der Waals surface area contributed by atoms with Crippen molar-refractivity contribution >= 4 is 11.8 Å². The SMILES string of the molecule is CNc1nc2c(c(N3CCCC3)n1)CNCC2. The van der Waals surface area contributed by atoms with Crippen molar-refractivity contribution in [1.82, 2.24) is 15.3 Å². The predicted molar refractivity (Wildman–Crippen MR) is 68.4 cm³/mol. The Labute approximate surface area is 102 Å². The van der Waals surface area contributed by atoms with Crippen LogP contribution in [0.3, 0.4) is 0 Å². The Morgan fingerprint density at radius 3 is 2.82 bits per heavy atom. The maximum Gasteiger partial charge on any atom is 0.224 e. The van der Waals surface area contributed by atoms with Crippen molar-refractivity contribution in [3.63, 3.8) is 0 Å². The highest BCUT2D eigenvalue weighted by Gasteiger charge is 2.23. The molecule has 0 saturated carbocycles. The second kappa shape index (κ2) is 4.49. The Hall–Kier alpha value is -1.36. The lowest BCUT2D eigenvalue weighted by Crippen LogP contribution is -2.30.